The second kappa shape index (κ2) is 5.27. The van der Waals surface area contributed by atoms with E-state index in [0.29, 0.717) is 5.41 Å². The Bertz CT molecular complexity index is 245. The molecule has 0 aromatic rings. The third kappa shape index (κ3) is 3.45. The molecule has 1 saturated heterocycles. The van der Waals surface area contributed by atoms with Crippen molar-refractivity contribution in [2.75, 3.05) is 19.6 Å². The van der Waals surface area contributed by atoms with Crippen LogP contribution in [0, 0.1) is 11.3 Å². The van der Waals surface area contributed by atoms with E-state index in [4.69, 9.17) is 0 Å². The molecule has 0 bridgehead atoms. The highest BCUT2D eigenvalue weighted by Crippen LogP contribution is 2.41. The molecule has 2 nitrogen and oxygen atoms in total. The highest BCUT2D eigenvalue weighted by Gasteiger charge is 2.36. The molecule has 0 amide bonds. The number of hydrogen-bond acceptors (Lipinski definition) is 2. The molecule has 2 fully saturated rings. The molecule has 0 aromatic heterocycles. The monoisotopic (exact) mass is 238 g/mol. The highest BCUT2D eigenvalue weighted by atomic mass is 15.2. The fourth-order valence-electron chi connectivity index (χ4n) is 3.37. The van der Waals surface area contributed by atoms with E-state index in [1.807, 2.05) is 0 Å². The van der Waals surface area contributed by atoms with Crippen LogP contribution in [0.3, 0.4) is 0 Å². The molecule has 2 aliphatic rings. The van der Waals surface area contributed by atoms with Crippen LogP contribution in [0.4, 0.5) is 0 Å². The van der Waals surface area contributed by atoms with Crippen LogP contribution in [0.5, 0.6) is 0 Å². The summed E-state index contributed by atoms with van der Waals surface area (Å²) in [6.07, 6.45) is 5.66. The van der Waals surface area contributed by atoms with E-state index < -0.39 is 0 Å². The average Bonchev–Trinajstić information content (AvgIpc) is 2.20. The second-order valence-electron chi connectivity index (χ2n) is 7.18. The molecule has 2 atom stereocenters. The molecule has 1 aliphatic carbocycles. The average molecular weight is 238 g/mol. The van der Waals surface area contributed by atoms with Gasteiger partial charge in [-0.25, -0.2) is 0 Å². The summed E-state index contributed by atoms with van der Waals surface area (Å²) in [6.45, 7) is 13.3. The van der Waals surface area contributed by atoms with E-state index in [2.05, 4.69) is 37.9 Å². The minimum atomic E-state index is 0.633. The summed E-state index contributed by atoms with van der Waals surface area (Å²) in [7, 11) is 0. The van der Waals surface area contributed by atoms with Crippen molar-refractivity contribution in [3.8, 4) is 0 Å². The Morgan fingerprint density at radius 3 is 2.59 bits per heavy atom. The van der Waals surface area contributed by atoms with E-state index in [-0.39, 0.29) is 0 Å². The predicted octanol–water partition coefficient (Wildman–Crippen LogP) is 2.89. The van der Waals surface area contributed by atoms with Crippen LogP contribution in [0.25, 0.3) is 0 Å². The van der Waals surface area contributed by atoms with Crippen LogP contribution >= 0.6 is 0 Å². The van der Waals surface area contributed by atoms with Gasteiger partial charge in [0.25, 0.3) is 0 Å². The first kappa shape index (κ1) is 13.4. The number of piperazine rings is 1. The lowest BCUT2D eigenvalue weighted by Gasteiger charge is -2.47. The molecule has 1 heterocycles. The summed E-state index contributed by atoms with van der Waals surface area (Å²) in [4.78, 5) is 2.74. The Balaban J connectivity index is 1.86. The summed E-state index contributed by atoms with van der Waals surface area (Å²) in [5.41, 5.74) is 0.633. The second-order valence-corrected chi connectivity index (χ2v) is 7.18. The topological polar surface area (TPSA) is 15.3 Å². The molecule has 2 heteroatoms. The van der Waals surface area contributed by atoms with Gasteiger partial charge in [-0.05, 0) is 37.5 Å². The standard InChI is InChI=1S/C15H30N2/c1-12(2)8-14-10-17(13(3)9-16-14)11-15(4)6-5-7-15/h12-14,16H,5-11H2,1-4H3. The van der Waals surface area contributed by atoms with Gasteiger partial charge in [0.15, 0.2) is 0 Å². The maximum Gasteiger partial charge on any atom is 0.0198 e. The molecule has 17 heavy (non-hydrogen) atoms. The first-order valence-corrected chi connectivity index (χ1v) is 7.46. The van der Waals surface area contributed by atoms with Crippen molar-refractivity contribution >= 4 is 0 Å². The van der Waals surface area contributed by atoms with Gasteiger partial charge in [-0.2, -0.15) is 0 Å². The minimum Gasteiger partial charge on any atom is -0.311 e. The van der Waals surface area contributed by atoms with E-state index in [1.54, 1.807) is 0 Å². The molecular formula is C15H30N2. The zero-order valence-electron chi connectivity index (χ0n) is 12.1. The third-order valence-electron chi connectivity index (χ3n) is 4.68. The van der Waals surface area contributed by atoms with Gasteiger partial charge in [0.2, 0.25) is 0 Å². The molecular weight excluding hydrogens is 208 g/mol. The molecule has 2 rings (SSSR count). The minimum absolute atomic E-state index is 0.633. The summed E-state index contributed by atoms with van der Waals surface area (Å²) in [5, 5.41) is 3.71. The summed E-state index contributed by atoms with van der Waals surface area (Å²) in [5.74, 6) is 0.807. The zero-order valence-corrected chi connectivity index (χ0v) is 12.1. The smallest absolute Gasteiger partial charge is 0.0198 e. The zero-order chi connectivity index (χ0) is 12.5. The van der Waals surface area contributed by atoms with Crippen molar-refractivity contribution in [2.24, 2.45) is 11.3 Å². The maximum atomic E-state index is 3.71. The van der Waals surface area contributed by atoms with Crippen molar-refractivity contribution < 1.29 is 0 Å². The van der Waals surface area contributed by atoms with Gasteiger partial charge in [0, 0.05) is 31.7 Å². The Morgan fingerprint density at radius 2 is 2.06 bits per heavy atom. The molecule has 0 aromatic carbocycles. The van der Waals surface area contributed by atoms with Crippen LogP contribution in [0.1, 0.15) is 53.4 Å². The van der Waals surface area contributed by atoms with Crippen molar-refractivity contribution in [3.63, 3.8) is 0 Å². The van der Waals surface area contributed by atoms with E-state index in [9.17, 15) is 0 Å². The summed E-state index contributed by atoms with van der Waals surface area (Å²) < 4.78 is 0. The molecule has 100 valence electrons. The first-order valence-electron chi connectivity index (χ1n) is 7.46. The lowest BCUT2D eigenvalue weighted by Crippen LogP contribution is -2.58. The fourth-order valence-corrected chi connectivity index (χ4v) is 3.37. The van der Waals surface area contributed by atoms with Crippen LogP contribution in [0.15, 0.2) is 0 Å². The molecule has 1 aliphatic heterocycles. The largest absolute Gasteiger partial charge is 0.311 e. The maximum absolute atomic E-state index is 3.71. The van der Waals surface area contributed by atoms with Crippen LogP contribution < -0.4 is 5.32 Å². The molecule has 0 radical (unpaired) electrons. The number of rotatable bonds is 4. The highest BCUT2D eigenvalue weighted by molar-refractivity contribution is 4.91. The Kier molecular flexibility index (Phi) is 4.14. The van der Waals surface area contributed by atoms with Crippen LogP contribution in [-0.2, 0) is 0 Å². The Hall–Kier alpha value is -0.0800. The van der Waals surface area contributed by atoms with Gasteiger partial charge < -0.3 is 5.32 Å². The van der Waals surface area contributed by atoms with Gasteiger partial charge in [-0.15, -0.1) is 0 Å². The van der Waals surface area contributed by atoms with Crippen molar-refractivity contribution in [1.29, 1.82) is 0 Å². The van der Waals surface area contributed by atoms with Crippen LogP contribution in [-0.4, -0.2) is 36.6 Å². The van der Waals surface area contributed by atoms with Gasteiger partial charge in [-0.1, -0.05) is 27.2 Å². The van der Waals surface area contributed by atoms with E-state index >= 15 is 0 Å². The normalized spacial score (nSPS) is 33.7. The quantitative estimate of drug-likeness (QED) is 0.810. The van der Waals surface area contributed by atoms with Gasteiger partial charge in [0.1, 0.15) is 0 Å². The summed E-state index contributed by atoms with van der Waals surface area (Å²) in [6, 6.07) is 1.44. The Morgan fingerprint density at radius 1 is 1.35 bits per heavy atom. The first-order chi connectivity index (χ1) is 7.98. The third-order valence-corrected chi connectivity index (χ3v) is 4.68. The van der Waals surface area contributed by atoms with Gasteiger partial charge >= 0.3 is 0 Å². The van der Waals surface area contributed by atoms with Crippen LogP contribution in [0.2, 0.25) is 0 Å². The van der Waals surface area contributed by atoms with Crippen molar-refractivity contribution in [1.82, 2.24) is 10.2 Å². The van der Waals surface area contributed by atoms with E-state index in [0.717, 1.165) is 18.0 Å². The molecule has 0 spiro atoms. The molecule has 2 unspecified atom stereocenters. The summed E-state index contributed by atoms with van der Waals surface area (Å²) >= 11 is 0. The SMILES string of the molecule is CC(C)CC1CN(CC2(C)CCC2)C(C)CN1. The lowest BCUT2D eigenvalue weighted by atomic mass is 9.70. The molecule has 1 N–H and O–H groups in total. The van der Waals surface area contributed by atoms with Gasteiger partial charge in [-0.3, -0.25) is 4.90 Å². The molecule has 1 saturated carbocycles. The van der Waals surface area contributed by atoms with Gasteiger partial charge in [0.05, 0.1) is 0 Å². The fraction of sp³-hybridized carbons (Fsp3) is 1.00. The number of hydrogen-bond donors (Lipinski definition) is 1. The van der Waals surface area contributed by atoms with Crippen molar-refractivity contribution in [2.45, 2.75) is 65.5 Å². The number of nitrogens with one attached hydrogen (secondary N) is 1. The Labute approximate surface area is 107 Å². The predicted molar refractivity (Wildman–Crippen MR) is 74.2 cm³/mol. The van der Waals surface area contributed by atoms with E-state index in [1.165, 1.54) is 45.3 Å². The van der Waals surface area contributed by atoms with Crippen molar-refractivity contribution in [3.05, 3.63) is 0 Å². The lowest BCUT2D eigenvalue weighted by molar-refractivity contribution is 0.0387. The number of nitrogens with zero attached hydrogens (tertiary/aromatic N) is 1.